The van der Waals surface area contributed by atoms with Crippen molar-refractivity contribution in [3.63, 3.8) is 0 Å². The fraction of sp³-hybridized carbons (Fsp3) is 0.562. The summed E-state index contributed by atoms with van der Waals surface area (Å²) in [5.74, 6) is 0.869. The van der Waals surface area contributed by atoms with Gasteiger partial charge in [0, 0.05) is 4.90 Å². The number of nitrogens with two attached hydrogens (primary N) is 1. The van der Waals surface area contributed by atoms with Gasteiger partial charge in [-0.1, -0.05) is 30.2 Å². The quantitative estimate of drug-likeness (QED) is 0.636. The predicted octanol–water partition coefficient (Wildman–Crippen LogP) is 3.88. The molecule has 2 atom stereocenters. The normalized spacial score (nSPS) is 25.0. The van der Waals surface area contributed by atoms with E-state index in [9.17, 15) is 4.79 Å². The summed E-state index contributed by atoms with van der Waals surface area (Å²) in [7, 11) is 0. The van der Waals surface area contributed by atoms with Gasteiger partial charge in [-0.05, 0) is 50.0 Å². The van der Waals surface area contributed by atoms with Crippen LogP contribution in [0.3, 0.4) is 0 Å². The summed E-state index contributed by atoms with van der Waals surface area (Å²) in [6.45, 7) is 2.21. The van der Waals surface area contributed by atoms with Crippen molar-refractivity contribution in [1.29, 1.82) is 0 Å². The molecule has 1 fully saturated rings. The van der Waals surface area contributed by atoms with E-state index < -0.39 is 5.54 Å². The van der Waals surface area contributed by atoms with Gasteiger partial charge >= 0.3 is 5.97 Å². The van der Waals surface area contributed by atoms with E-state index in [-0.39, 0.29) is 11.9 Å². The summed E-state index contributed by atoms with van der Waals surface area (Å²) in [5.41, 5.74) is 5.54. The number of hydrogen-bond donors (Lipinski definition) is 1. The third-order valence-electron chi connectivity index (χ3n) is 4.09. The third kappa shape index (κ3) is 3.93. The highest BCUT2D eigenvalue weighted by Crippen LogP contribution is 2.38. The molecule has 1 aromatic carbocycles. The SMILES string of the molecule is CCOC(=O)C1(N)CCCC1CCSc1ccccc1Cl. The number of rotatable bonds is 6. The number of thioether (sulfide) groups is 1. The molecule has 1 saturated carbocycles. The van der Waals surface area contributed by atoms with Gasteiger partial charge in [0.2, 0.25) is 0 Å². The molecule has 1 aliphatic carbocycles. The van der Waals surface area contributed by atoms with Crippen molar-refractivity contribution in [3.8, 4) is 0 Å². The third-order valence-corrected chi connectivity index (χ3v) is 5.64. The number of benzene rings is 1. The molecule has 1 aromatic rings. The zero-order valence-electron chi connectivity index (χ0n) is 12.3. The monoisotopic (exact) mass is 327 g/mol. The molecule has 1 aliphatic rings. The summed E-state index contributed by atoms with van der Waals surface area (Å²) in [4.78, 5) is 13.2. The fourth-order valence-corrected chi connectivity index (χ4v) is 4.21. The van der Waals surface area contributed by atoms with Crippen LogP contribution in [0.4, 0.5) is 0 Å². The second-order valence-electron chi connectivity index (χ2n) is 5.42. The first-order valence-corrected chi connectivity index (χ1v) is 8.77. The maximum Gasteiger partial charge on any atom is 0.326 e. The molecule has 2 N–H and O–H groups in total. The highest BCUT2D eigenvalue weighted by atomic mass is 35.5. The van der Waals surface area contributed by atoms with Crippen molar-refractivity contribution in [2.45, 2.75) is 43.0 Å². The van der Waals surface area contributed by atoms with Crippen molar-refractivity contribution in [2.24, 2.45) is 11.7 Å². The van der Waals surface area contributed by atoms with E-state index in [4.69, 9.17) is 22.1 Å². The summed E-state index contributed by atoms with van der Waals surface area (Å²) in [6, 6.07) is 7.82. The smallest absolute Gasteiger partial charge is 0.326 e. The molecule has 21 heavy (non-hydrogen) atoms. The first-order chi connectivity index (χ1) is 10.1. The Morgan fingerprint density at radius 3 is 3.00 bits per heavy atom. The molecule has 3 nitrogen and oxygen atoms in total. The molecule has 0 saturated heterocycles. The Morgan fingerprint density at radius 1 is 1.52 bits per heavy atom. The molecule has 0 heterocycles. The van der Waals surface area contributed by atoms with Gasteiger partial charge in [0.25, 0.3) is 0 Å². The minimum atomic E-state index is -0.795. The van der Waals surface area contributed by atoms with Crippen LogP contribution in [0.15, 0.2) is 29.2 Å². The fourth-order valence-electron chi connectivity index (χ4n) is 2.91. The number of hydrogen-bond acceptors (Lipinski definition) is 4. The van der Waals surface area contributed by atoms with E-state index in [0.29, 0.717) is 6.61 Å². The van der Waals surface area contributed by atoms with E-state index >= 15 is 0 Å². The van der Waals surface area contributed by atoms with E-state index in [1.807, 2.05) is 31.2 Å². The topological polar surface area (TPSA) is 52.3 Å². The molecule has 0 amide bonds. The summed E-state index contributed by atoms with van der Waals surface area (Å²) in [5, 5.41) is 0.776. The van der Waals surface area contributed by atoms with Gasteiger partial charge < -0.3 is 10.5 Å². The zero-order chi connectivity index (χ0) is 15.3. The van der Waals surface area contributed by atoms with Crippen LogP contribution in [-0.4, -0.2) is 23.9 Å². The standard InChI is InChI=1S/C16H22ClNO2S/c1-2-20-15(19)16(18)10-5-6-12(16)9-11-21-14-8-4-3-7-13(14)17/h3-4,7-8,12H,2,5-6,9-11,18H2,1H3. The number of ether oxygens (including phenoxy) is 1. The van der Waals surface area contributed by atoms with E-state index in [0.717, 1.165) is 41.4 Å². The van der Waals surface area contributed by atoms with Crippen molar-refractivity contribution in [1.82, 2.24) is 0 Å². The van der Waals surface area contributed by atoms with Crippen LogP contribution >= 0.6 is 23.4 Å². The number of carbonyl (C=O) groups is 1. The molecular weight excluding hydrogens is 306 g/mol. The lowest BCUT2D eigenvalue weighted by atomic mass is 9.86. The first-order valence-electron chi connectivity index (χ1n) is 7.41. The van der Waals surface area contributed by atoms with Gasteiger partial charge in [-0.2, -0.15) is 0 Å². The molecule has 2 unspecified atom stereocenters. The Morgan fingerprint density at radius 2 is 2.29 bits per heavy atom. The summed E-state index contributed by atoms with van der Waals surface area (Å²) in [6.07, 6.45) is 3.63. The van der Waals surface area contributed by atoms with Crippen molar-refractivity contribution in [2.75, 3.05) is 12.4 Å². The van der Waals surface area contributed by atoms with E-state index in [1.165, 1.54) is 0 Å². The molecule has 0 aromatic heterocycles. The van der Waals surface area contributed by atoms with Crippen molar-refractivity contribution in [3.05, 3.63) is 29.3 Å². The molecule has 0 radical (unpaired) electrons. The molecule has 116 valence electrons. The predicted molar refractivity (Wildman–Crippen MR) is 87.7 cm³/mol. The molecule has 0 spiro atoms. The molecule has 0 bridgehead atoms. The van der Waals surface area contributed by atoms with Gasteiger partial charge in [0.15, 0.2) is 0 Å². The number of esters is 1. The largest absolute Gasteiger partial charge is 0.465 e. The maximum atomic E-state index is 12.1. The second-order valence-corrected chi connectivity index (χ2v) is 6.96. The van der Waals surface area contributed by atoms with Crippen LogP contribution < -0.4 is 5.73 Å². The van der Waals surface area contributed by atoms with Crippen LogP contribution in [0.5, 0.6) is 0 Å². The Bertz CT molecular complexity index is 497. The van der Waals surface area contributed by atoms with E-state index in [2.05, 4.69) is 0 Å². The van der Waals surface area contributed by atoms with Crippen LogP contribution in [-0.2, 0) is 9.53 Å². The highest BCUT2D eigenvalue weighted by molar-refractivity contribution is 7.99. The maximum absolute atomic E-state index is 12.1. The van der Waals surface area contributed by atoms with E-state index in [1.54, 1.807) is 11.8 Å². The lowest BCUT2D eigenvalue weighted by molar-refractivity contribution is -0.151. The molecule has 2 rings (SSSR count). The van der Waals surface area contributed by atoms with Crippen molar-refractivity contribution >= 4 is 29.3 Å². The average Bonchev–Trinajstić information content (AvgIpc) is 2.84. The lowest BCUT2D eigenvalue weighted by Crippen LogP contribution is -2.52. The van der Waals surface area contributed by atoms with Gasteiger partial charge in [-0.15, -0.1) is 11.8 Å². The summed E-state index contributed by atoms with van der Waals surface area (Å²) >= 11 is 7.87. The second kappa shape index (κ2) is 7.52. The van der Waals surface area contributed by atoms with Crippen LogP contribution in [0.2, 0.25) is 5.02 Å². The Labute approximate surface area is 135 Å². The molecular formula is C16H22ClNO2S. The highest BCUT2D eigenvalue weighted by Gasteiger charge is 2.46. The lowest BCUT2D eigenvalue weighted by Gasteiger charge is -2.28. The van der Waals surface area contributed by atoms with Crippen molar-refractivity contribution < 1.29 is 9.53 Å². The Balaban J connectivity index is 1.90. The molecule has 5 heteroatoms. The Hall–Kier alpha value is -0.710. The summed E-state index contributed by atoms with van der Waals surface area (Å²) < 4.78 is 5.15. The van der Waals surface area contributed by atoms with Crippen LogP contribution in [0, 0.1) is 5.92 Å². The molecule has 0 aliphatic heterocycles. The van der Waals surface area contributed by atoms with Gasteiger partial charge in [-0.3, -0.25) is 4.79 Å². The Kier molecular flexibility index (Phi) is 5.97. The van der Waals surface area contributed by atoms with Gasteiger partial charge in [-0.25, -0.2) is 0 Å². The van der Waals surface area contributed by atoms with Gasteiger partial charge in [0.1, 0.15) is 5.54 Å². The average molecular weight is 328 g/mol. The van der Waals surface area contributed by atoms with Gasteiger partial charge in [0.05, 0.1) is 11.6 Å². The first kappa shape index (κ1) is 16.7. The van der Waals surface area contributed by atoms with Crippen LogP contribution in [0.1, 0.15) is 32.6 Å². The zero-order valence-corrected chi connectivity index (χ0v) is 13.9. The minimum absolute atomic E-state index is 0.200. The number of halogens is 1. The minimum Gasteiger partial charge on any atom is -0.465 e. The van der Waals surface area contributed by atoms with Crippen LogP contribution in [0.25, 0.3) is 0 Å². The number of carbonyl (C=O) groups excluding carboxylic acids is 1.